The number of ether oxygens (including phenoxy) is 3. The summed E-state index contributed by atoms with van der Waals surface area (Å²) in [4.78, 5) is 28.4. The van der Waals surface area contributed by atoms with Gasteiger partial charge in [0.2, 0.25) is 0 Å². The lowest BCUT2D eigenvalue weighted by molar-refractivity contribution is 0.00643. The van der Waals surface area contributed by atoms with E-state index >= 15 is 0 Å². The molecule has 2 aliphatic rings. The van der Waals surface area contributed by atoms with Gasteiger partial charge in [0.25, 0.3) is 0 Å². The van der Waals surface area contributed by atoms with E-state index in [1.54, 1.807) is 17.0 Å². The van der Waals surface area contributed by atoms with Crippen LogP contribution in [0.4, 0.5) is 10.5 Å². The van der Waals surface area contributed by atoms with Crippen LogP contribution in [0, 0.1) is 5.92 Å². The minimum Gasteiger partial charge on any atom is -0.486 e. The van der Waals surface area contributed by atoms with Crippen molar-refractivity contribution < 1.29 is 28.9 Å². The fourth-order valence-corrected chi connectivity index (χ4v) is 4.43. The second-order valence-corrected chi connectivity index (χ2v) is 10.5. The Hall–Kier alpha value is -2.48. The van der Waals surface area contributed by atoms with Crippen LogP contribution in [0.5, 0.6) is 5.75 Å². The van der Waals surface area contributed by atoms with Crippen molar-refractivity contribution in [1.29, 1.82) is 0 Å². The third kappa shape index (κ3) is 6.53. The summed E-state index contributed by atoms with van der Waals surface area (Å²) in [6.45, 7) is 11.8. The van der Waals surface area contributed by atoms with Crippen molar-refractivity contribution in [2.45, 2.75) is 71.2 Å². The second kappa shape index (κ2) is 9.79. The molecule has 0 saturated carbocycles. The lowest BCUT2D eigenvalue weighted by atomic mass is 9.83. The predicted molar refractivity (Wildman–Crippen MR) is 126 cm³/mol. The maximum atomic E-state index is 12.4. The van der Waals surface area contributed by atoms with Crippen molar-refractivity contribution >= 4 is 17.7 Å². The van der Waals surface area contributed by atoms with E-state index in [-0.39, 0.29) is 18.1 Å². The molecule has 1 aromatic rings. The van der Waals surface area contributed by atoms with Crippen LogP contribution < -0.4 is 9.64 Å². The zero-order chi connectivity index (χ0) is 24.4. The Morgan fingerprint density at radius 2 is 1.70 bits per heavy atom. The largest absolute Gasteiger partial charge is 0.486 e. The molecule has 1 unspecified atom stereocenters. The number of esters is 1. The van der Waals surface area contributed by atoms with Gasteiger partial charge >= 0.3 is 12.1 Å². The predicted octanol–water partition coefficient (Wildman–Crippen LogP) is 3.85. The maximum Gasteiger partial charge on any atom is 0.410 e. The molecule has 0 spiro atoms. The summed E-state index contributed by atoms with van der Waals surface area (Å²) < 4.78 is 16.7. The SMILES string of the molecule is COC(=O)c1ccc(OC2CCN(C(=O)OC(C)(C)C)C2)c(N2CCC(C(C)(C)O)CC2)c1. The average Bonchev–Trinajstić information content (AvgIpc) is 3.20. The number of benzene rings is 1. The number of piperidine rings is 1. The lowest BCUT2D eigenvalue weighted by Crippen LogP contribution is -2.42. The zero-order valence-electron chi connectivity index (χ0n) is 20.7. The quantitative estimate of drug-likeness (QED) is 0.665. The molecule has 2 heterocycles. The highest BCUT2D eigenvalue weighted by atomic mass is 16.6. The Bertz CT molecular complexity index is 849. The number of nitrogens with zero attached hydrogens (tertiary/aromatic N) is 2. The standard InChI is InChI=1S/C25H38N2O6/c1-24(2,3)33-23(29)27-14-11-19(16-27)32-21-8-7-17(22(28)31-6)15-20(21)26-12-9-18(10-13-26)25(4,5)30/h7-8,15,18-19,30H,9-14,16H2,1-6H3. The topological polar surface area (TPSA) is 88.5 Å². The van der Waals surface area contributed by atoms with Crippen LogP contribution >= 0.6 is 0 Å². The summed E-state index contributed by atoms with van der Waals surface area (Å²) in [6.07, 6.45) is 1.92. The van der Waals surface area contributed by atoms with Gasteiger partial charge in [0.1, 0.15) is 17.5 Å². The highest BCUT2D eigenvalue weighted by molar-refractivity contribution is 5.91. The van der Waals surface area contributed by atoms with Gasteiger partial charge in [-0.25, -0.2) is 9.59 Å². The van der Waals surface area contributed by atoms with Gasteiger partial charge in [0, 0.05) is 26.1 Å². The molecule has 33 heavy (non-hydrogen) atoms. The summed E-state index contributed by atoms with van der Waals surface area (Å²) in [5.74, 6) is 0.505. The number of amides is 1. The maximum absolute atomic E-state index is 12.4. The van der Waals surface area contributed by atoms with Crippen LogP contribution in [0.3, 0.4) is 0 Å². The molecule has 0 aromatic heterocycles. The van der Waals surface area contributed by atoms with Gasteiger partial charge in [-0.05, 0) is 71.6 Å². The third-order valence-corrected chi connectivity index (χ3v) is 6.31. The average molecular weight is 463 g/mol. The van der Waals surface area contributed by atoms with Crippen molar-refractivity contribution in [2.24, 2.45) is 5.92 Å². The van der Waals surface area contributed by atoms with E-state index in [9.17, 15) is 14.7 Å². The van der Waals surface area contributed by atoms with Crippen LogP contribution in [0.25, 0.3) is 0 Å². The normalized spacial score (nSPS) is 20.0. The molecule has 8 nitrogen and oxygen atoms in total. The first-order chi connectivity index (χ1) is 15.4. The van der Waals surface area contributed by atoms with Crippen LogP contribution in [-0.4, -0.2) is 72.7 Å². The molecule has 2 aliphatic heterocycles. The van der Waals surface area contributed by atoms with Crippen molar-refractivity contribution in [1.82, 2.24) is 4.90 Å². The molecule has 1 atom stereocenters. The number of anilines is 1. The Kier molecular flexibility index (Phi) is 7.46. The van der Waals surface area contributed by atoms with Gasteiger partial charge < -0.3 is 29.1 Å². The number of likely N-dealkylation sites (tertiary alicyclic amines) is 1. The number of hydrogen-bond acceptors (Lipinski definition) is 7. The Morgan fingerprint density at radius 1 is 1.03 bits per heavy atom. The molecular formula is C25H38N2O6. The molecule has 2 saturated heterocycles. The molecular weight excluding hydrogens is 424 g/mol. The zero-order valence-corrected chi connectivity index (χ0v) is 20.7. The van der Waals surface area contributed by atoms with Gasteiger partial charge in [-0.15, -0.1) is 0 Å². The molecule has 8 heteroatoms. The van der Waals surface area contributed by atoms with Gasteiger partial charge in [-0.3, -0.25) is 0 Å². The number of hydrogen-bond donors (Lipinski definition) is 1. The van der Waals surface area contributed by atoms with Crippen LogP contribution in [0.1, 0.15) is 64.2 Å². The number of rotatable bonds is 5. The fourth-order valence-electron chi connectivity index (χ4n) is 4.43. The number of aliphatic hydroxyl groups is 1. The van der Waals surface area contributed by atoms with E-state index in [0.29, 0.717) is 30.8 Å². The first kappa shape index (κ1) is 25.1. The first-order valence-corrected chi connectivity index (χ1v) is 11.7. The Morgan fingerprint density at radius 3 is 2.27 bits per heavy atom. The van der Waals surface area contributed by atoms with E-state index in [1.165, 1.54) is 7.11 Å². The minimum atomic E-state index is -0.714. The van der Waals surface area contributed by atoms with E-state index < -0.39 is 17.2 Å². The molecule has 0 aliphatic carbocycles. The number of methoxy groups -OCH3 is 1. The highest BCUT2D eigenvalue weighted by Crippen LogP contribution is 2.36. The molecule has 184 valence electrons. The summed E-state index contributed by atoms with van der Waals surface area (Å²) in [5, 5.41) is 10.4. The van der Waals surface area contributed by atoms with E-state index in [0.717, 1.165) is 31.6 Å². The summed E-state index contributed by atoms with van der Waals surface area (Å²) in [7, 11) is 1.37. The van der Waals surface area contributed by atoms with E-state index in [4.69, 9.17) is 14.2 Å². The smallest absolute Gasteiger partial charge is 0.410 e. The van der Waals surface area contributed by atoms with Gasteiger partial charge in [0.05, 0.1) is 30.5 Å². The van der Waals surface area contributed by atoms with Crippen molar-refractivity contribution in [3.8, 4) is 5.75 Å². The minimum absolute atomic E-state index is 0.158. The van der Waals surface area contributed by atoms with E-state index in [2.05, 4.69) is 4.90 Å². The van der Waals surface area contributed by atoms with Gasteiger partial charge in [-0.2, -0.15) is 0 Å². The molecule has 0 bridgehead atoms. The Balaban J connectivity index is 1.74. The first-order valence-electron chi connectivity index (χ1n) is 11.7. The highest BCUT2D eigenvalue weighted by Gasteiger charge is 2.34. The monoisotopic (exact) mass is 462 g/mol. The molecule has 1 N–H and O–H groups in total. The number of carbonyl (C=O) groups excluding carboxylic acids is 2. The van der Waals surface area contributed by atoms with Crippen molar-refractivity contribution in [3.63, 3.8) is 0 Å². The van der Waals surface area contributed by atoms with Crippen LogP contribution in [-0.2, 0) is 9.47 Å². The lowest BCUT2D eigenvalue weighted by Gasteiger charge is -2.39. The van der Waals surface area contributed by atoms with Crippen LogP contribution in [0.15, 0.2) is 18.2 Å². The van der Waals surface area contributed by atoms with Crippen molar-refractivity contribution in [2.75, 3.05) is 38.2 Å². The molecule has 3 rings (SSSR count). The van der Waals surface area contributed by atoms with Crippen molar-refractivity contribution in [3.05, 3.63) is 23.8 Å². The molecule has 2 fully saturated rings. The fraction of sp³-hybridized carbons (Fsp3) is 0.680. The Labute approximate surface area is 196 Å². The molecule has 1 amide bonds. The molecule has 0 radical (unpaired) electrons. The second-order valence-electron chi connectivity index (χ2n) is 10.5. The third-order valence-electron chi connectivity index (χ3n) is 6.31. The molecule has 1 aromatic carbocycles. The number of carbonyl (C=O) groups is 2. The summed E-state index contributed by atoms with van der Waals surface area (Å²) in [5.41, 5.74) is 0.0465. The van der Waals surface area contributed by atoms with Gasteiger partial charge in [0.15, 0.2) is 0 Å². The summed E-state index contributed by atoms with van der Waals surface area (Å²) in [6, 6.07) is 5.32. The van der Waals surface area contributed by atoms with Crippen LogP contribution in [0.2, 0.25) is 0 Å². The van der Waals surface area contributed by atoms with E-state index in [1.807, 2.05) is 40.7 Å². The van der Waals surface area contributed by atoms with Gasteiger partial charge in [-0.1, -0.05) is 0 Å². The summed E-state index contributed by atoms with van der Waals surface area (Å²) >= 11 is 0.